The Hall–Kier alpha value is -1.69. The maximum absolute atomic E-state index is 12.3. The molecule has 0 aromatic rings. The van der Waals surface area contributed by atoms with Crippen molar-refractivity contribution in [1.82, 2.24) is 4.90 Å². The van der Waals surface area contributed by atoms with Gasteiger partial charge < -0.3 is 0 Å². The zero-order chi connectivity index (χ0) is 14.2. The fourth-order valence-corrected chi connectivity index (χ4v) is 3.06. The van der Waals surface area contributed by atoms with E-state index in [2.05, 4.69) is 11.6 Å². The zero-order valence-electron chi connectivity index (χ0n) is 11.2. The van der Waals surface area contributed by atoms with Gasteiger partial charge in [0.15, 0.2) is 5.92 Å². The highest BCUT2D eigenvalue weighted by Crippen LogP contribution is 2.34. The van der Waals surface area contributed by atoms with Gasteiger partial charge in [-0.1, -0.05) is 6.08 Å². The second-order valence-corrected chi connectivity index (χ2v) is 5.50. The van der Waals surface area contributed by atoms with Crippen molar-refractivity contribution in [2.24, 2.45) is 10.9 Å². The maximum atomic E-state index is 12.3. The Kier molecular flexibility index (Phi) is 3.71. The molecule has 0 radical (unpaired) electrons. The van der Waals surface area contributed by atoms with E-state index >= 15 is 0 Å². The van der Waals surface area contributed by atoms with Gasteiger partial charge in [-0.05, 0) is 12.5 Å². The number of rotatable bonds is 3. The van der Waals surface area contributed by atoms with Crippen LogP contribution in [0.1, 0.15) is 6.92 Å². The first-order valence-corrected chi connectivity index (χ1v) is 6.88. The molecule has 100 valence electrons. The largest absolute Gasteiger partial charge is 0.445 e. The van der Waals surface area contributed by atoms with Crippen molar-refractivity contribution in [2.75, 3.05) is 19.8 Å². The van der Waals surface area contributed by atoms with E-state index in [9.17, 15) is 9.59 Å². The number of thioether (sulfide) groups is 1. The Balaban J connectivity index is 2.52. The summed E-state index contributed by atoms with van der Waals surface area (Å²) in [5.74, 6) is 0.535. The summed E-state index contributed by atoms with van der Waals surface area (Å²) in [5.41, 5.74) is 0.963. The molecule has 2 rings (SSSR count). The highest BCUT2D eigenvalue weighted by Gasteiger charge is 2.47. The monoisotopic (exact) mass is 278 g/mol. The fraction of sp³-hybridized carbons (Fsp3) is 0.385. The number of nitrogens with zero attached hydrogens (tertiary/aromatic N) is 3. The first-order valence-electron chi connectivity index (χ1n) is 5.89. The summed E-state index contributed by atoms with van der Waals surface area (Å²) in [6, 6.07) is -0.346. The van der Waals surface area contributed by atoms with Crippen molar-refractivity contribution in [3.8, 4) is 0 Å². The average Bonchev–Trinajstić information content (AvgIpc) is 2.41. The molecule has 0 aromatic carbocycles. The van der Waals surface area contributed by atoms with Crippen molar-refractivity contribution < 1.29 is 14.2 Å². The summed E-state index contributed by atoms with van der Waals surface area (Å²) in [4.78, 5) is 30.6. The Labute approximate surface area is 116 Å². The van der Waals surface area contributed by atoms with E-state index in [4.69, 9.17) is 0 Å². The first-order chi connectivity index (χ1) is 8.99. The predicted octanol–water partition coefficient (Wildman–Crippen LogP) is 1.51. The molecule has 5 nitrogen and oxygen atoms in total. The lowest BCUT2D eigenvalue weighted by atomic mass is 9.99. The van der Waals surface area contributed by atoms with Gasteiger partial charge in [0.25, 0.3) is 5.84 Å². The summed E-state index contributed by atoms with van der Waals surface area (Å²) in [7, 11) is 3.14. The van der Waals surface area contributed by atoms with Gasteiger partial charge in [0.1, 0.15) is 6.21 Å². The Morgan fingerprint density at radius 3 is 2.89 bits per heavy atom. The van der Waals surface area contributed by atoms with Crippen molar-refractivity contribution in [1.29, 1.82) is 0 Å². The Bertz CT molecular complexity index is 560. The Morgan fingerprint density at radius 2 is 2.26 bits per heavy atom. The summed E-state index contributed by atoms with van der Waals surface area (Å²) in [5, 5.41) is 0. The van der Waals surface area contributed by atoms with E-state index < -0.39 is 5.92 Å². The van der Waals surface area contributed by atoms with Crippen molar-refractivity contribution in [3.63, 3.8) is 0 Å². The van der Waals surface area contributed by atoms with Crippen LogP contribution in [-0.4, -0.2) is 53.3 Å². The van der Waals surface area contributed by atoms with E-state index in [0.29, 0.717) is 5.84 Å². The van der Waals surface area contributed by atoms with Gasteiger partial charge in [-0.25, -0.2) is 4.79 Å². The molecule has 0 spiro atoms. The molecule has 1 unspecified atom stereocenters. The van der Waals surface area contributed by atoms with Crippen LogP contribution < -0.4 is 0 Å². The minimum atomic E-state index is -0.470. The van der Waals surface area contributed by atoms with E-state index in [1.165, 1.54) is 11.6 Å². The standard InChI is InChI=1S/C13H16N3O2S/c1-5-6-19-10-8(2)7-14-11-9(10)12(17)16(4)13(18)15(11)3/h5,7,9H,1,6H2,2-4H3/q+1. The molecule has 0 bridgehead atoms. The number of urea groups is 1. The van der Waals surface area contributed by atoms with Gasteiger partial charge >= 0.3 is 11.9 Å². The molecule has 0 fully saturated rings. The average molecular weight is 278 g/mol. The van der Waals surface area contributed by atoms with Gasteiger partial charge in [0.05, 0.1) is 14.1 Å². The number of allylic oxidation sites excluding steroid dienone is 1. The number of imide groups is 1. The molecule has 6 heteroatoms. The number of amidine groups is 1. The number of hydrogen-bond donors (Lipinski definition) is 0. The first kappa shape index (κ1) is 13.7. The van der Waals surface area contributed by atoms with E-state index in [1.54, 1.807) is 31.1 Å². The van der Waals surface area contributed by atoms with Gasteiger partial charge in [-0.15, -0.1) is 23.3 Å². The third kappa shape index (κ3) is 2.16. The molecule has 0 N–H and O–H groups in total. The third-order valence-electron chi connectivity index (χ3n) is 3.15. The lowest BCUT2D eigenvalue weighted by molar-refractivity contribution is -0.407. The minimum absolute atomic E-state index is 0.221. The fourth-order valence-electron chi connectivity index (χ4n) is 2.11. The maximum Gasteiger partial charge on any atom is 0.445 e. The van der Waals surface area contributed by atoms with Gasteiger partial charge in [-0.2, -0.15) is 9.48 Å². The minimum Gasteiger partial charge on any atom is -0.255 e. The van der Waals surface area contributed by atoms with Crippen molar-refractivity contribution >= 4 is 35.8 Å². The van der Waals surface area contributed by atoms with Crippen LogP contribution in [0.4, 0.5) is 4.79 Å². The molecular formula is C13H16N3O2S+. The van der Waals surface area contributed by atoms with Crippen LogP contribution in [0, 0.1) is 5.92 Å². The zero-order valence-corrected chi connectivity index (χ0v) is 12.0. The SMILES string of the molecule is C=CCSC1=C(C)C=NC2=[N+](C)C(=O)N(C)C(=O)C12. The molecule has 0 saturated carbocycles. The van der Waals surface area contributed by atoms with Crippen molar-refractivity contribution in [3.05, 3.63) is 23.1 Å². The molecule has 2 heterocycles. The van der Waals surface area contributed by atoms with Crippen LogP contribution in [0.3, 0.4) is 0 Å². The summed E-state index contributed by atoms with van der Waals surface area (Å²) in [6.45, 7) is 5.62. The second-order valence-electron chi connectivity index (χ2n) is 4.44. The molecule has 3 amide bonds. The summed E-state index contributed by atoms with van der Waals surface area (Å²) >= 11 is 1.56. The number of hydrogen-bond acceptors (Lipinski definition) is 4. The van der Waals surface area contributed by atoms with Crippen LogP contribution in [-0.2, 0) is 4.79 Å². The van der Waals surface area contributed by atoms with Crippen LogP contribution in [0.15, 0.2) is 28.1 Å². The molecule has 2 aliphatic rings. The summed E-state index contributed by atoms with van der Waals surface area (Å²) in [6.07, 6.45) is 3.50. The van der Waals surface area contributed by atoms with Crippen LogP contribution in [0.25, 0.3) is 0 Å². The van der Waals surface area contributed by atoms with Gasteiger partial charge in [0, 0.05) is 10.7 Å². The molecule has 0 saturated heterocycles. The van der Waals surface area contributed by atoms with E-state index in [-0.39, 0.29) is 11.9 Å². The lowest BCUT2D eigenvalue weighted by Crippen LogP contribution is -2.52. The number of carbonyl (C=O) groups excluding carboxylic acids is 2. The molecule has 0 aliphatic carbocycles. The normalized spacial score (nSPS) is 23.1. The number of carbonyl (C=O) groups is 2. The van der Waals surface area contributed by atoms with Crippen LogP contribution in [0.2, 0.25) is 0 Å². The number of fused-ring (bicyclic) bond motifs is 1. The van der Waals surface area contributed by atoms with Gasteiger partial charge in [-0.3, -0.25) is 4.79 Å². The van der Waals surface area contributed by atoms with E-state index in [0.717, 1.165) is 21.1 Å². The number of aliphatic imine (C=N–C) groups is 1. The van der Waals surface area contributed by atoms with Crippen molar-refractivity contribution in [2.45, 2.75) is 6.92 Å². The van der Waals surface area contributed by atoms with E-state index in [1.807, 2.05) is 6.92 Å². The third-order valence-corrected chi connectivity index (χ3v) is 4.42. The highest BCUT2D eigenvalue weighted by atomic mass is 32.2. The summed E-state index contributed by atoms with van der Waals surface area (Å²) < 4.78 is 1.43. The van der Waals surface area contributed by atoms with Gasteiger partial charge in [0.2, 0.25) is 0 Å². The van der Waals surface area contributed by atoms with Crippen LogP contribution >= 0.6 is 11.8 Å². The quantitative estimate of drug-likeness (QED) is 0.581. The topological polar surface area (TPSA) is 52.8 Å². The number of dihydropyridines is 1. The Morgan fingerprint density at radius 1 is 1.58 bits per heavy atom. The molecule has 1 atom stereocenters. The molecule has 19 heavy (non-hydrogen) atoms. The molecule has 2 aliphatic heterocycles. The number of amides is 3. The molecular weight excluding hydrogens is 262 g/mol. The second kappa shape index (κ2) is 5.13. The molecule has 0 aromatic heterocycles. The smallest absolute Gasteiger partial charge is 0.255 e. The predicted molar refractivity (Wildman–Crippen MR) is 76.7 cm³/mol. The van der Waals surface area contributed by atoms with Crippen LogP contribution in [0.5, 0.6) is 0 Å². The lowest BCUT2D eigenvalue weighted by Gasteiger charge is -2.27. The highest BCUT2D eigenvalue weighted by molar-refractivity contribution is 8.03.